The van der Waals surface area contributed by atoms with Crippen LogP contribution in [0.5, 0.6) is 0 Å². The summed E-state index contributed by atoms with van der Waals surface area (Å²) in [5, 5.41) is 0. The Balaban J connectivity index is 2.66. The molecule has 0 aromatic carbocycles. The van der Waals surface area contributed by atoms with Crippen LogP contribution in [0.25, 0.3) is 0 Å². The van der Waals surface area contributed by atoms with Crippen LogP contribution in [0.2, 0.25) is 0 Å². The summed E-state index contributed by atoms with van der Waals surface area (Å²) in [5.41, 5.74) is 5.69. The average Bonchev–Trinajstić information content (AvgIpc) is 2.42. The number of hydrogen-bond donors (Lipinski definition) is 1. The van der Waals surface area contributed by atoms with Crippen molar-refractivity contribution < 1.29 is 4.79 Å². The molecule has 1 fully saturated rings. The molecule has 0 aromatic rings. The lowest BCUT2D eigenvalue weighted by Gasteiger charge is -2.17. The molecule has 0 bridgehead atoms. The lowest BCUT2D eigenvalue weighted by Crippen LogP contribution is -2.34. The Bertz CT molecular complexity index is 232. The van der Waals surface area contributed by atoms with Crippen molar-refractivity contribution in [2.75, 3.05) is 20.1 Å². The molecule has 3 heteroatoms. The summed E-state index contributed by atoms with van der Waals surface area (Å²) in [4.78, 5) is 13.7. The van der Waals surface area contributed by atoms with Gasteiger partial charge in [-0.2, -0.15) is 0 Å². The Labute approximate surface area is 86.6 Å². The lowest BCUT2D eigenvalue weighted by atomic mass is 10.0. The summed E-state index contributed by atoms with van der Waals surface area (Å²) in [7, 11) is 1.83. The van der Waals surface area contributed by atoms with Gasteiger partial charge in [-0.25, -0.2) is 0 Å². The van der Waals surface area contributed by atoms with Gasteiger partial charge >= 0.3 is 0 Å². The molecular formula is C11H22N2O. The summed E-state index contributed by atoms with van der Waals surface area (Å²) in [6, 6.07) is 0. The molecule has 0 aliphatic heterocycles. The van der Waals surface area contributed by atoms with E-state index in [1.54, 1.807) is 4.90 Å². The lowest BCUT2D eigenvalue weighted by molar-refractivity contribution is -0.132. The van der Waals surface area contributed by atoms with Crippen LogP contribution in [0.4, 0.5) is 0 Å². The van der Waals surface area contributed by atoms with Gasteiger partial charge < -0.3 is 10.6 Å². The summed E-state index contributed by atoms with van der Waals surface area (Å²) < 4.78 is 0. The normalized spacial score (nSPS) is 23.3. The van der Waals surface area contributed by atoms with Gasteiger partial charge in [0.15, 0.2) is 0 Å². The smallest absolute Gasteiger partial charge is 0.226 e. The van der Waals surface area contributed by atoms with E-state index < -0.39 is 0 Å². The predicted octanol–water partition coefficient (Wildman–Crippen LogP) is 1.09. The molecule has 82 valence electrons. The van der Waals surface area contributed by atoms with E-state index in [1.807, 2.05) is 7.05 Å². The second-order valence-electron chi connectivity index (χ2n) is 5.42. The second-order valence-corrected chi connectivity index (χ2v) is 5.42. The third-order valence-electron chi connectivity index (χ3n) is 4.11. The van der Waals surface area contributed by atoms with Crippen molar-refractivity contribution in [2.24, 2.45) is 22.5 Å². The Hall–Kier alpha value is -0.570. The van der Waals surface area contributed by atoms with Gasteiger partial charge in [0.1, 0.15) is 0 Å². The molecule has 3 nitrogen and oxygen atoms in total. The van der Waals surface area contributed by atoms with Crippen LogP contribution in [0.1, 0.15) is 27.7 Å². The molecule has 0 atom stereocenters. The molecule has 0 heterocycles. The Morgan fingerprint density at radius 1 is 1.29 bits per heavy atom. The van der Waals surface area contributed by atoms with Gasteiger partial charge in [-0.15, -0.1) is 0 Å². The zero-order valence-electron chi connectivity index (χ0n) is 9.92. The highest BCUT2D eigenvalue weighted by molar-refractivity contribution is 5.84. The molecular weight excluding hydrogens is 176 g/mol. The average molecular weight is 198 g/mol. The molecule has 0 saturated heterocycles. The number of hydrogen-bond acceptors (Lipinski definition) is 2. The second kappa shape index (κ2) is 3.23. The highest BCUT2D eigenvalue weighted by atomic mass is 16.2. The van der Waals surface area contributed by atoms with Crippen LogP contribution >= 0.6 is 0 Å². The number of amides is 1. The minimum Gasteiger partial charge on any atom is -0.344 e. The van der Waals surface area contributed by atoms with Crippen LogP contribution in [0.3, 0.4) is 0 Å². The monoisotopic (exact) mass is 198 g/mol. The van der Waals surface area contributed by atoms with Gasteiger partial charge in [0.25, 0.3) is 0 Å². The molecule has 0 aromatic heterocycles. The van der Waals surface area contributed by atoms with Gasteiger partial charge in [-0.05, 0) is 10.8 Å². The molecule has 1 aliphatic carbocycles. The molecule has 2 N–H and O–H groups in total. The quantitative estimate of drug-likeness (QED) is 0.737. The zero-order chi connectivity index (χ0) is 11.1. The molecule has 0 spiro atoms. The number of likely N-dealkylation sites (N-methyl/N-ethyl adjacent to an activating group) is 1. The van der Waals surface area contributed by atoms with E-state index in [9.17, 15) is 4.79 Å². The van der Waals surface area contributed by atoms with Gasteiger partial charge in [0, 0.05) is 26.1 Å². The molecule has 0 radical (unpaired) electrons. The fourth-order valence-corrected chi connectivity index (χ4v) is 2.34. The maximum absolute atomic E-state index is 12.0. The van der Waals surface area contributed by atoms with Gasteiger partial charge in [0.05, 0.1) is 0 Å². The first-order valence-corrected chi connectivity index (χ1v) is 5.22. The SMILES string of the molecule is CN(CCN)C(=O)C1C(C)(C)C1(C)C. The first kappa shape index (κ1) is 11.5. The number of carbonyl (C=O) groups excluding carboxylic acids is 1. The van der Waals surface area contributed by atoms with E-state index in [4.69, 9.17) is 5.73 Å². The van der Waals surface area contributed by atoms with E-state index in [0.29, 0.717) is 13.1 Å². The molecule has 14 heavy (non-hydrogen) atoms. The van der Waals surface area contributed by atoms with E-state index in [1.165, 1.54) is 0 Å². The number of nitrogens with zero attached hydrogens (tertiary/aromatic N) is 1. The first-order valence-electron chi connectivity index (χ1n) is 5.22. The Morgan fingerprint density at radius 3 is 2.00 bits per heavy atom. The van der Waals surface area contributed by atoms with Crippen molar-refractivity contribution >= 4 is 5.91 Å². The molecule has 1 aliphatic rings. The van der Waals surface area contributed by atoms with E-state index in [0.717, 1.165) is 0 Å². The first-order chi connectivity index (χ1) is 6.26. The number of nitrogens with two attached hydrogens (primary N) is 1. The van der Waals surface area contributed by atoms with Crippen molar-refractivity contribution in [3.63, 3.8) is 0 Å². The van der Waals surface area contributed by atoms with Gasteiger partial charge in [-0.1, -0.05) is 27.7 Å². The van der Waals surface area contributed by atoms with E-state index >= 15 is 0 Å². The third-order valence-corrected chi connectivity index (χ3v) is 4.11. The third kappa shape index (κ3) is 1.44. The van der Waals surface area contributed by atoms with Crippen LogP contribution in [-0.4, -0.2) is 30.9 Å². The molecule has 1 amide bonds. The largest absolute Gasteiger partial charge is 0.344 e. The fourth-order valence-electron chi connectivity index (χ4n) is 2.34. The topological polar surface area (TPSA) is 46.3 Å². The standard InChI is InChI=1S/C11H22N2O/c1-10(2)8(11(10,3)4)9(14)13(5)7-6-12/h8H,6-7,12H2,1-5H3. The van der Waals surface area contributed by atoms with E-state index in [-0.39, 0.29) is 22.7 Å². The maximum Gasteiger partial charge on any atom is 0.226 e. The van der Waals surface area contributed by atoms with Gasteiger partial charge in [-0.3, -0.25) is 4.79 Å². The minimum atomic E-state index is 0.132. The van der Waals surface area contributed by atoms with Crippen molar-refractivity contribution in [1.82, 2.24) is 4.90 Å². The number of carbonyl (C=O) groups is 1. The van der Waals surface area contributed by atoms with Crippen LogP contribution < -0.4 is 5.73 Å². The molecule has 1 saturated carbocycles. The van der Waals surface area contributed by atoms with Crippen LogP contribution in [0, 0.1) is 16.7 Å². The summed E-state index contributed by atoms with van der Waals surface area (Å²) in [6.45, 7) is 9.83. The van der Waals surface area contributed by atoms with Crippen molar-refractivity contribution in [3.05, 3.63) is 0 Å². The van der Waals surface area contributed by atoms with Crippen molar-refractivity contribution in [2.45, 2.75) is 27.7 Å². The van der Waals surface area contributed by atoms with E-state index in [2.05, 4.69) is 27.7 Å². The predicted molar refractivity (Wildman–Crippen MR) is 57.7 cm³/mol. The summed E-state index contributed by atoms with van der Waals surface area (Å²) in [5.74, 6) is 0.400. The van der Waals surface area contributed by atoms with Crippen molar-refractivity contribution in [3.8, 4) is 0 Å². The highest BCUT2D eigenvalue weighted by Crippen LogP contribution is 2.68. The molecule has 0 unspecified atom stereocenters. The van der Waals surface area contributed by atoms with Crippen molar-refractivity contribution in [1.29, 1.82) is 0 Å². The number of rotatable bonds is 3. The van der Waals surface area contributed by atoms with Gasteiger partial charge in [0.2, 0.25) is 5.91 Å². The summed E-state index contributed by atoms with van der Waals surface area (Å²) in [6.07, 6.45) is 0. The Kier molecular flexibility index (Phi) is 2.65. The summed E-state index contributed by atoms with van der Waals surface area (Å²) >= 11 is 0. The Morgan fingerprint density at radius 2 is 1.71 bits per heavy atom. The maximum atomic E-state index is 12.0. The highest BCUT2D eigenvalue weighted by Gasteiger charge is 2.68. The fraction of sp³-hybridized carbons (Fsp3) is 0.909. The zero-order valence-corrected chi connectivity index (χ0v) is 9.92. The van der Waals surface area contributed by atoms with Crippen LogP contribution in [-0.2, 0) is 4.79 Å². The minimum absolute atomic E-state index is 0.132. The van der Waals surface area contributed by atoms with Crippen LogP contribution in [0.15, 0.2) is 0 Å². The molecule has 1 rings (SSSR count).